The van der Waals surface area contributed by atoms with Crippen molar-refractivity contribution >= 4 is 34.8 Å². The summed E-state index contributed by atoms with van der Waals surface area (Å²) in [5.41, 5.74) is 3.87. The summed E-state index contributed by atoms with van der Waals surface area (Å²) in [5.74, 6) is 2.65. The molecule has 0 radical (unpaired) electrons. The van der Waals surface area contributed by atoms with Gasteiger partial charge in [-0.3, -0.25) is 0 Å². The van der Waals surface area contributed by atoms with Crippen LogP contribution in [0.15, 0.2) is 41.1 Å². The van der Waals surface area contributed by atoms with Gasteiger partial charge in [0.15, 0.2) is 23.0 Å². The Morgan fingerprint density at radius 3 is 2.67 bits per heavy atom. The molecule has 0 aliphatic carbocycles. The summed E-state index contributed by atoms with van der Waals surface area (Å²) < 4.78 is 16.4. The lowest BCUT2D eigenvalue weighted by molar-refractivity contribution is 0.174. The van der Waals surface area contributed by atoms with Crippen LogP contribution in [0.4, 0.5) is 11.4 Å². The number of fused-ring (bicyclic) bond motifs is 2. The van der Waals surface area contributed by atoms with E-state index in [9.17, 15) is 0 Å². The second-order valence-electron chi connectivity index (χ2n) is 7.18. The number of hydrogen-bond donors (Lipinski definition) is 1. The van der Waals surface area contributed by atoms with Gasteiger partial charge in [0, 0.05) is 34.9 Å². The molecule has 30 heavy (non-hydrogen) atoms. The highest BCUT2D eigenvalue weighted by atomic mass is 35.5. The Morgan fingerprint density at radius 1 is 1.03 bits per heavy atom. The quantitative estimate of drug-likeness (QED) is 0.487. The summed E-state index contributed by atoms with van der Waals surface area (Å²) in [6.07, 6.45) is 1.71. The fourth-order valence-electron chi connectivity index (χ4n) is 3.17. The number of pyridine rings is 2. The van der Waals surface area contributed by atoms with E-state index >= 15 is 0 Å². The van der Waals surface area contributed by atoms with E-state index in [0.29, 0.717) is 28.7 Å². The van der Waals surface area contributed by atoms with E-state index in [0.717, 1.165) is 28.2 Å². The summed E-state index contributed by atoms with van der Waals surface area (Å²) in [4.78, 5) is 13.6. The first-order valence-corrected chi connectivity index (χ1v) is 9.35. The van der Waals surface area contributed by atoms with Gasteiger partial charge in [0.2, 0.25) is 6.79 Å². The molecule has 1 N–H and O–H groups in total. The predicted octanol–water partition coefficient (Wildman–Crippen LogP) is 5.01. The van der Waals surface area contributed by atoms with Crippen LogP contribution in [-0.4, -0.2) is 26.9 Å². The molecule has 5 rings (SSSR count). The molecular weight excluding hydrogens is 406 g/mol. The van der Waals surface area contributed by atoms with Crippen molar-refractivity contribution in [2.24, 2.45) is 0 Å². The van der Waals surface area contributed by atoms with Crippen molar-refractivity contribution in [1.82, 2.24) is 20.1 Å². The molecule has 8 nitrogen and oxygen atoms in total. The smallest absolute Gasteiger partial charge is 0.261 e. The summed E-state index contributed by atoms with van der Waals surface area (Å²) in [5, 5.41) is 8.40. The van der Waals surface area contributed by atoms with Crippen LogP contribution >= 0.6 is 12.4 Å². The number of hydrogen-bond acceptors (Lipinski definition) is 8. The van der Waals surface area contributed by atoms with Crippen LogP contribution < -0.4 is 14.8 Å². The minimum Gasteiger partial charge on any atom is -0.454 e. The second kappa shape index (κ2) is 7.79. The van der Waals surface area contributed by atoms with Crippen LogP contribution in [0.5, 0.6) is 11.5 Å². The van der Waals surface area contributed by atoms with Crippen molar-refractivity contribution in [2.45, 2.75) is 26.7 Å². The number of halogens is 1. The Kier molecular flexibility index (Phi) is 5.17. The molecule has 0 atom stereocenters. The molecular formula is C21H20ClN5O3. The maximum absolute atomic E-state index is 5.53. The number of aryl methyl sites for hydroxylation is 1. The van der Waals surface area contributed by atoms with Crippen LogP contribution in [0.25, 0.3) is 22.5 Å². The Balaban J connectivity index is 0.00000218. The molecule has 9 heteroatoms. The van der Waals surface area contributed by atoms with Crippen LogP contribution in [0.1, 0.15) is 31.3 Å². The molecule has 0 bridgehead atoms. The average molecular weight is 426 g/mol. The third-order valence-electron chi connectivity index (χ3n) is 4.70. The fraction of sp³-hybridized carbons (Fsp3) is 0.238. The third-order valence-corrected chi connectivity index (χ3v) is 4.70. The molecule has 0 fully saturated rings. The third kappa shape index (κ3) is 3.50. The number of rotatable bonds is 4. The Labute approximate surface area is 179 Å². The van der Waals surface area contributed by atoms with Gasteiger partial charge in [0.25, 0.3) is 5.89 Å². The van der Waals surface area contributed by atoms with Crippen LogP contribution in [-0.2, 0) is 0 Å². The Hall–Kier alpha value is -3.39. The first-order valence-electron chi connectivity index (χ1n) is 9.35. The highest BCUT2D eigenvalue weighted by Crippen LogP contribution is 2.38. The number of nitrogens with zero attached hydrogens (tertiary/aromatic N) is 4. The van der Waals surface area contributed by atoms with Gasteiger partial charge in [-0.25, -0.2) is 9.97 Å². The standard InChI is InChI=1S/C21H19N5O3.ClH/c1-11(2)19-25-21(29-26-19)15-9-22-20-14(6-4-12(3)23-20)18(15)24-13-5-7-16-17(8-13)28-10-27-16;/h4-9,11H,10H2,1-3H3,(H,22,23,24);1H. The number of aromatic nitrogens is 4. The lowest BCUT2D eigenvalue weighted by atomic mass is 10.1. The first kappa shape index (κ1) is 19.9. The van der Waals surface area contributed by atoms with Gasteiger partial charge in [0.1, 0.15) is 0 Å². The lowest BCUT2D eigenvalue weighted by Gasteiger charge is -2.13. The first-order chi connectivity index (χ1) is 14.1. The molecule has 3 aromatic heterocycles. The monoisotopic (exact) mass is 425 g/mol. The van der Waals surface area contributed by atoms with Crippen molar-refractivity contribution in [3.8, 4) is 23.0 Å². The van der Waals surface area contributed by atoms with E-state index in [2.05, 4.69) is 25.4 Å². The molecule has 1 aliphatic rings. The molecule has 0 spiro atoms. The zero-order valence-electron chi connectivity index (χ0n) is 16.7. The molecule has 1 aliphatic heterocycles. The molecule has 0 amide bonds. The topological polar surface area (TPSA) is 95.2 Å². The molecule has 154 valence electrons. The maximum atomic E-state index is 5.53. The molecule has 1 aromatic carbocycles. The zero-order valence-corrected chi connectivity index (χ0v) is 17.5. The van der Waals surface area contributed by atoms with Crippen molar-refractivity contribution in [2.75, 3.05) is 12.1 Å². The van der Waals surface area contributed by atoms with Gasteiger partial charge in [0.05, 0.1) is 11.3 Å². The van der Waals surface area contributed by atoms with Gasteiger partial charge in [-0.05, 0) is 31.2 Å². The summed E-state index contributed by atoms with van der Waals surface area (Å²) in [7, 11) is 0. The minimum absolute atomic E-state index is 0. The highest BCUT2D eigenvalue weighted by Gasteiger charge is 2.20. The molecule has 0 saturated carbocycles. The van der Waals surface area contributed by atoms with Crippen LogP contribution in [0.2, 0.25) is 0 Å². The van der Waals surface area contributed by atoms with Gasteiger partial charge in [-0.2, -0.15) is 4.98 Å². The number of nitrogens with one attached hydrogen (secondary N) is 1. The number of ether oxygens (including phenoxy) is 2. The van der Waals surface area contributed by atoms with E-state index in [1.54, 1.807) is 6.20 Å². The van der Waals surface area contributed by atoms with Gasteiger partial charge in [-0.1, -0.05) is 19.0 Å². The molecule has 0 unspecified atom stereocenters. The van der Waals surface area contributed by atoms with E-state index in [4.69, 9.17) is 14.0 Å². The SMILES string of the molecule is Cc1ccc2c(Nc3ccc4c(c3)OCO4)c(-c3nc(C(C)C)no3)cnc2n1.Cl. The van der Waals surface area contributed by atoms with Crippen molar-refractivity contribution in [3.63, 3.8) is 0 Å². The van der Waals surface area contributed by atoms with E-state index in [1.165, 1.54) is 0 Å². The summed E-state index contributed by atoms with van der Waals surface area (Å²) >= 11 is 0. The summed E-state index contributed by atoms with van der Waals surface area (Å²) in [6, 6.07) is 9.64. The van der Waals surface area contributed by atoms with Crippen molar-refractivity contribution in [3.05, 3.63) is 48.0 Å². The van der Waals surface area contributed by atoms with E-state index < -0.39 is 0 Å². The zero-order chi connectivity index (χ0) is 20.0. The minimum atomic E-state index is 0. The van der Waals surface area contributed by atoms with Crippen molar-refractivity contribution < 1.29 is 14.0 Å². The van der Waals surface area contributed by atoms with E-state index in [-0.39, 0.29) is 25.1 Å². The van der Waals surface area contributed by atoms with Crippen molar-refractivity contribution in [1.29, 1.82) is 0 Å². The number of anilines is 2. The Bertz CT molecular complexity index is 1220. The molecule has 4 aromatic rings. The maximum Gasteiger partial charge on any atom is 0.261 e. The molecule has 4 heterocycles. The normalized spacial score (nSPS) is 12.3. The fourth-order valence-corrected chi connectivity index (χ4v) is 3.17. The molecule has 0 saturated heterocycles. The second-order valence-corrected chi connectivity index (χ2v) is 7.18. The average Bonchev–Trinajstić information content (AvgIpc) is 3.37. The van der Waals surface area contributed by atoms with Crippen LogP contribution in [0, 0.1) is 6.92 Å². The van der Waals surface area contributed by atoms with Gasteiger partial charge >= 0.3 is 0 Å². The number of benzene rings is 1. The lowest BCUT2D eigenvalue weighted by Crippen LogP contribution is -1.99. The van der Waals surface area contributed by atoms with E-state index in [1.807, 2.05) is 51.1 Å². The summed E-state index contributed by atoms with van der Waals surface area (Å²) in [6.45, 7) is 6.20. The van der Waals surface area contributed by atoms with Gasteiger partial charge in [-0.15, -0.1) is 12.4 Å². The van der Waals surface area contributed by atoms with Gasteiger partial charge < -0.3 is 19.3 Å². The predicted molar refractivity (Wildman–Crippen MR) is 115 cm³/mol. The largest absolute Gasteiger partial charge is 0.454 e. The highest BCUT2D eigenvalue weighted by molar-refractivity contribution is 5.98. The van der Waals surface area contributed by atoms with Crippen LogP contribution in [0.3, 0.4) is 0 Å². The Morgan fingerprint density at radius 2 is 1.87 bits per heavy atom.